The second kappa shape index (κ2) is 12.6. The number of carbonyl (C=O) groups is 1. The fraction of sp³-hybridized carbons (Fsp3) is 0.562. The van der Waals surface area contributed by atoms with Gasteiger partial charge in [0.15, 0.2) is 0 Å². The Morgan fingerprint density at radius 1 is 1.00 bits per heavy atom. The molecular formula is C32H43N3O2. The lowest BCUT2D eigenvalue weighted by molar-refractivity contribution is 0.0359. The molecule has 0 aliphatic carbocycles. The van der Waals surface area contributed by atoms with Crippen LogP contribution in [0.4, 0.5) is 0 Å². The van der Waals surface area contributed by atoms with Gasteiger partial charge in [0.25, 0.3) is 5.91 Å². The van der Waals surface area contributed by atoms with E-state index in [4.69, 9.17) is 10.00 Å². The predicted octanol–water partition coefficient (Wildman–Crippen LogP) is 6.67. The molecule has 0 unspecified atom stereocenters. The molecule has 2 atom stereocenters. The largest absolute Gasteiger partial charge is 0.490 e. The molecule has 2 aromatic rings. The van der Waals surface area contributed by atoms with Crippen molar-refractivity contribution in [2.45, 2.75) is 91.0 Å². The molecule has 2 aliphatic rings. The van der Waals surface area contributed by atoms with E-state index >= 15 is 0 Å². The first kappa shape index (κ1) is 27.2. The van der Waals surface area contributed by atoms with Gasteiger partial charge < -0.3 is 9.64 Å². The van der Waals surface area contributed by atoms with E-state index in [1.165, 1.54) is 18.4 Å². The Morgan fingerprint density at radius 3 is 2.19 bits per heavy atom. The minimum atomic E-state index is 0.0838. The molecule has 2 bridgehead atoms. The summed E-state index contributed by atoms with van der Waals surface area (Å²) < 4.78 is 6.24. The van der Waals surface area contributed by atoms with Gasteiger partial charge in [-0.25, -0.2) is 0 Å². The van der Waals surface area contributed by atoms with Gasteiger partial charge in [-0.15, -0.1) is 0 Å². The van der Waals surface area contributed by atoms with Crippen LogP contribution in [-0.4, -0.2) is 47.0 Å². The maximum Gasteiger partial charge on any atom is 0.254 e. The van der Waals surface area contributed by atoms with Crippen LogP contribution in [0.15, 0.2) is 48.5 Å². The third-order valence-corrected chi connectivity index (χ3v) is 7.84. The van der Waals surface area contributed by atoms with Crippen molar-refractivity contribution in [3.63, 3.8) is 0 Å². The van der Waals surface area contributed by atoms with E-state index in [0.717, 1.165) is 56.6 Å². The lowest BCUT2D eigenvalue weighted by Crippen LogP contribution is -2.49. The highest BCUT2D eigenvalue weighted by molar-refractivity contribution is 5.95. The zero-order valence-electron chi connectivity index (χ0n) is 23.0. The summed E-state index contributed by atoms with van der Waals surface area (Å²) in [6.07, 6.45) is 6.26. The molecular weight excluding hydrogens is 458 g/mol. The number of ether oxygens (including phenoxy) is 1. The van der Waals surface area contributed by atoms with E-state index < -0.39 is 0 Å². The van der Waals surface area contributed by atoms with Gasteiger partial charge in [0.2, 0.25) is 0 Å². The number of rotatable bonds is 11. The average molecular weight is 502 g/mol. The summed E-state index contributed by atoms with van der Waals surface area (Å²) in [6.45, 7) is 12.3. The van der Waals surface area contributed by atoms with Crippen LogP contribution in [0.5, 0.6) is 5.75 Å². The van der Waals surface area contributed by atoms with E-state index in [2.05, 4.69) is 55.7 Å². The van der Waals surface area contributed by atoms with Crippen LogP contribution in [0.3, 0.4) is 0 Å². The van der Waals surface area contributed by atoms with Crippen molar-refractivity contribution in [2.75, 3.05) is 13.1 Å². The minimum Gasteiger partial charge on any atom is -0.490 e. The highest BCUT2D eigenvalue weighted by Crippen LogP contribution is 2.38. The average Bonchev–Trinajstić information content (AvgIpc) is 3.15. The van der Waals surface area contributed by atoms with Crippen molar-refractivity contribution in [3.05, 3.63) is 65.2 Å². The molecule has 0 aromatic heterocycles. The van der Waals surface area contributed by atoms with E-state index in [9.17, 15) is 4.79 Å². The Hall–Kier alpha value is -2.84. The fourth-order valence-electron chi connectivity index (χ4n) is 5.70. The number of amides is 1. The normalized spacial score (nSPS) is 21.0. The number of nitriles is 1. The van der Waals surface area contributed by atoms with Crippen LogP contribution in [0.1, 0.15) is 87.7 Å². The molecule has 0 N–H and O–H groups in total. The maximum absolute atomic E-state index is 13.5. The molecule has 0 spiro atoms. The molecule has 0 radical (unpaired) electrons. The first-order valence-electron chi connectivity index (χ1n) is 14.1. The lowest BCUT2D eigenvalue weighted by Gasteiger charge is -2.39. The SMILES string of the molecule is CC(C)CCN(CCC(C)C)Cc1ccc(C(=O)N2[C@H]3CC[C@H]2CC(Oc2cccc(C#N)c2)C3)cc1. The smallest absolute Gasteiger partial charge is 0.254 e. The molecule has 5 heteroatoms. The Labute approximate surface area is 223 Å². The molecule has 2 heterocycles. The van der Waals surface area contributed by atoms with Crippen LogP contribution in [0.25, 0.3) is 0 Å². The Morgan fingerprint density at radius 2 is 1.62 bits per heavy atom. The van der Waals surface area contributed by atoms with Crippen molar-refractivity contribution < 1.29 is 9.53 Å². The van der Waals surface area contributed by atoms with Gasteiger partial charge in [0.05, 0.1) is 11.6 Å². The summed E-state index contributed by atoms with van der Waals surface area (Å²) in [4.78, 5) is 18.2. The topological polar surface area (TPSA) is 56.6 Å². The highest BCUT2D eigenvalue weighted by atomic mass is 16.5. The Kier molecular flexibility index (Phi) is 9.27. The predicted molar refractivity (Wildman–Crippen MR) is 148 cm³/mol. The van der Waals surface area contributed by atoms with Gasteiger partial charge in [-0.3, -0.25) is 9.69 Å². The first-order valence-corrected chi connectivity index (χ1v) is 14.1. The second-order valence-electron chi connectivity index (χ2n) is 11.8. The van der Waals surface area contributed by atoms with Crippen molar-refractivity contribution in [1.82, 2.24) is 9.80 Å². The minimum absolute atomic E-state index is 0.0838. The third-order valence-electron chi connectivity index (χ3n) is 7.84. The van der Waals surface area contributed by atoms with Gasteiger partial charge in [-0.05, 0) is 86.5 Å². The third kappa shape index (κ3) is 7.36. The van der Waals surface area contributed by atoms with Crippen LogP contribution in [-0.2, 0) is 6.54 Å². The molecule has 1 amide bonds. The molecule has 2 saturated heterocycles. The molecule has 37 heavy (non-hydrogen) atoms. The van der Waals surface area contributed by atoms with E-state index in [1.807, 2.05) is 24.3 Å². The standard InChI is InChI=1S/C32H43N3O2/c1-23(2)14-16-34(17-15-24(3)4)22-25-8-10-27(11-9-25)32(36)35-28-12-13-29(35)20-31(19-28)37-30-7-5-6-26(18-30)21-33/h5-11,18,23-24,28-29,31H,12-17,19-20,22H2,1-4H3/t28-,29-/m0/s1. The van der Waals surface area contributed by atoms with Gasteiger partial charge in [-0.2, -0.15) is 5.26 Å². The zero-order chi connectivity index (χ0) is 26.4. The number of nitrogens with zero attached hydrogens (tertiary/aromatic N) is 3. The molecule has 0 saturated carbocycles. The van der Waals surface area contributed by atoms with E-state index in [0.29, 0.717) is 17.4 Å². The van der Waals surface area contributed by atoms with Crippen molar-refractivity contribution in [1.29, 1.82) is 5.26 Å². The number of carbonyl (C=O) groups excluding carboxylic acids is 1. The van der Waals surface area contributed by atoms with Crippen LogP contribution in [0.2, 0.25) is 0 Å². The monoisotopic (exact) mass is 501 g/mol. The number of piperidine rings is 1. The second-order valence-corrected chi connectivity index (χ2v) is 11.8. The number of fused-ring (bicyclic) bond motifs is 2. The van der Waals surface area contributed by atoms with Gasteiger partial charge in [-0.1, -0.05) is 45.9 Å². The lowest BCUT2D eigenvalue weighted by atomic mass is 9.98. The number of hydrogen-bond acceptors (Lipinski definition) is 4. The van der Waals surface area contributed by atoms with Gasteiger partial charge in [0.1, 0.15) is 11.9 Å². The van der Waals surface area contributed by atoms with Crippen molar-refractivity contribution in [3.8, 4) is 11.8 Å². The Balaban J connectivity index is 1.36. The molecule has 2 fully saturated rings. The maximum atomic E-state index is 13.5. The first-order chi connectivity index (χ1) is 17.8. The van der Waals surface area contributed by atoms with Crippen LogP contribution in [0, 0.1) is 23.2 Å². The van der Waals surface area contributed by atoms with E-state index in [1.54, 1.807) is 12.1 Å². The quantitative estimate of drug-likeness (QED) is 0.345. The molecule has 4 rings (SSSR count). The summed E-state index contributed by atoms with van der Waals surface area (Å²) >= 11 is 0. The summed E-state index contributed by atoms with van der Waals surface area (Å²) in [5, 5.41) is 9.16. The van der Waals surface area contributed by atoms with Crippen LogP contribution >= 0.6 is 0 Å². The fourth-order valence-corrected chi connectivity index (χ4v) is 5.70. The van der Waals surface area contributed by atoms with Crippen LogP contribution < -0.4 is 4.74 Å². The zero-order valence-corrected chi connectivity index (χ0v) is 23.0. The van der Waals surface area contributed by atoms with Crippen molar-refractivity contribution in [2.24, 2.45) is 11.8 Å². The van der Waals surface area contributed by atoms with Gasteiger partial charge >= 0.3 is 0 Å². The highest BCUT2D eigenvalue weighted by Gasteiger charge is 2.44. The Bertz CT molecular complexity index is 1050. The van der Waals surface area contributed by atoms with Crippen molar-refractivity contribution >= 4 is 5.91 Å². The summed E-state index contributed by atoms with van der Waals surface area (Å²) in [7, 11) is 0. The summed E-state index contributed by atoms with van der Waals surface area (Å²) in [5.41, 5.74) is 2.68. The number of hydrogen-bond donors (Lipinski definition) is 0. The molecule has 2 aliphatic heterocycles. The van der Waals surface area contributed by atoms with E-state index in [-0.39, 0.29) is 24.1 Å². The summed E-state index contributed by atoms with van der Waals surface area (Å²) in [5.74, 6) is 2.30. The number of benzene rings is 2. The molecule has 5 nitrogen and oxygen atoms in total. The van der Waals surface area contributed by atoms with Gasteiger partial charge in [0, 0.05) is 37.0 Å². The summed E-state index contributed by atoms with van der Waals surface area (Å²) in [6, 6.07) is 18.3. The molecule has 198 valence electrons. The molecule has 2 aromatic carbocycles.